The van der Waals surface area contributed by atoms with Crippen LogP contribution in [0.1, 0.15) is 11.4 Å². The number of benzene rings is 1. The summed E-state index contributed by atoms with van der Waals surface area (Å²) in [5, 5.41) is 15.1. The summed E-state index contributed by atoms with van der Waals surface area (Å²) in [4.78, 5) is 1.44. The molecule has 0 aliphatic heterocycles. The Bertz CT molecular complexity index is 493. The van der Waals surface area contributed by atoms with Gasteiger partial charge in [-0.25, -0.2) is 4.39 Å². The first kappa shape index (κ1) is 12.6. The summed E-state index contributed by atoms with van der Waals surface area (Å²) in [6.07, 6.45) is 1.50. The van der Waals surface area contributed by atoms with Gasteiger partial charge in [-0.15, -0.1) is 10.2 Å². The summed E-state index contributed by atoms with van der Waals surface area (Å²) in [6.45, 7) is 0. The highest BCUT2D eigenvalue weighted by atomic mass is 19.1. The molecule has 0 radical (unpaired) electrons. The minimum absolute atomic E-state index is 0.208. The molecule has 18 heavy (non-hydrogen) atoms. The van der Waals surface area contributed by atoms with Gasteiger partial charge in [-0.05, 0) is 36.4 Å². The van der Waals surface area contributed by atoms with Crippen molar-refractivity contribution in [3.63, 3.8) is 0 Å². The minimum atomic E-state index is -0.213. The lowest BCUT2D eigenvalue weighted by Gasteiger charge is -2.14. The molecule has 6 heteroatoms. The van der Waals surface area contributed by atoms with E-state index in [1.807, 2.05) is 7.05 Å². The van der Waals surface area contributed by atoms with E-state index in [-0.39, 0.29) is 11.9 Å². The Labute approximate surface area is 105 Å². The lowest BCUT2D eigenvalue weighted by Crippen LogP contribution is -2.30. The Morgan fingerprint density at radius 2 is 2.00 bits per heavy atom. The molecule has 0 spiro atoms. The van der Waals surface area contributed by atoms with Gasteiger partial charge in [0.25, 0.3) is 0 Å². The maximum absolute atomic E-state index is 12.8. The number of likely N-dealkylation sites (N-methyl/N-ethyl adjacent to an activating group) is 1. The Kier molecular flexibility index (Phi) is 3.99. The quantitative estimate of drug-likeness (QED) is 0.848. The molecule has 2 aromatic rings. The van der Waals surface area contributed by atoms with Crippen molar-refractivity contribution in [2.75, 3.05) is 7.05 Å². The summed E-state index contributed by atoms with van der Waals surface area (Å²) in [7, 11) is 3.63. The molecule has 0 aliphatic rings. The maximum atomic E-state index is 12.8. The smallest absolute Gasteiger partial charge is 0.176 e. The van der Waals surface area contributed by atoms with Crippen molar-refractivity contribution in [1.82, 2.24) is 25.5 Å². The van der Waals surface area contributed by atoms with Gasteiger partial charge in [-0.3, -0.25) is 0 Å². The summed E-state index contributed by atoms with van der Waals surface area (Å²) < 4.78 is 12.8. The highest BCUT2D eigenvalue weighted by Gasteiger charge is 2.11. The second-order valence-electron chi connectivity index (χ2n) is 4.22. The second-order valence-corrected chi connectivity index (χ2v) is 4.22. The second kappa shape index (κ2) is 5.68. The number of nitrogens with zero attached hydrogens (tertiary/aromatic N) is 4. The number of halogens is 1. The van der Waals surface area contributed by atoms with Crippen LogP contribution in [0.25, 0.3) is 0 Å². The number of hydrogen-bond donors (Lipinski definition) is 1. The fourth-order valence-electron chi connectivity index (χ4n) is 1.81. The first-order valence-corrected chi connectivity index (χ1v) is 5.82. The van der Waals surface area contributed by atoms with Gasteiger partial charge >= 0.3 is 0 Å². The highest BCUT2D eigenvalue weighted by molar-refractivity contribution is 5.17. The summed E-state index contributed by atoms with van der Waals surface area (Å²) in [5.74, 6) is 0.495. The number of aromatic nitrogens is 4. The number of aryl methyl sites for hydroxylation is 1. The van der Waals surface area contributed by atoms with Crippen molar-refractivity contribution in [1.29, 1.82) is 0 Å². The van der Waals surface area contributed by atoms with Crippen LogP contribution in [0.2, 0.25) is 0 Å². The van der Waals surface area contributed by atoms with Crippen LogP contribution in [0.4, 0.5) is 4.39 Å². The molecule has 2 rings (SSSR count). The van der Waals surface area contributed by atoms with Crippen molar-refractivity contribution in [2.45, 2.75) is 18.9 Å². The van der Waals surface area contributed by atoms with Gasteiger partial charge in [0.05, 0.1) is 7.05 Å². The van der Waals surface area contributed by atoms with E-state index in [1.54, 1.807) is 19.2 Å². The van der Waals surface area contributed by atoms with Crippen LogP contribution in [0, 0.1) is 5.82 Å². The molecule has 96 valence electrons. The van der Waals surface area contributed by atoms with Gasteiger partial charge in [-0.1, -0.05) is 12.1 Å². The summed E-state index contributed by atoms with van der Waals surface area (Å²) in [5.41, 5.74) is 1.08. The third kappa shape index (κ3) is 3.33. The Morgan fingerprint density at radius 1 is 1.28 bits per heavy atom. The van der Waals surface area contributed by atoms with E-state index in [0.717, 1.165) is 12.0 Å². The lowest BCUT2D eigenvalue weighted by molar-refractivity contribution is 0.539. The predicted molar refractivity (Wildman–Crippen MR) is 65.5 cm³/mol. The highest BCUT2D eigenvalue weighted by Crippen LogP contribution is 2.07. The molecule has 0 bridgehead atoms. The van der Waals surface area contributed by atoms with Crippen molar-refractivity contribution >= 4 is 0 Å². The minimum Gasteiger partial charge on any atom is -0.316 e. The molecule has 1 aromatic heterocycles. The fourth-order valence-corrected chi connectivity index (χ4v) is 1.81. The Morgan fingerprint density at radius 3 is 2.56 bits per heavy atom. The largest absolute Gasteiger partial charge is 0.316 e. The average molecular weight is 249 g/mol. The molecule has 1 heterocycles. The molecule has 5 nitrogen and oxygen atoms in total. The molecule has 0 saturated heterocycles. The molecule has 0 fully saturated rings. The van der Waals surface area contributed by atoms with E-state index in [4.69, 9.17) is 0 Å². The van der Waals surface area contributed by atoms with E-state index < -0.39 is 0 Å². The SMILES string of the molecule is CNC(Cc1ccc(F)cc1)Cc1nnn(C)n1. The molecule has 1 N–H and O–H groups in total. The van der Waals surface area contributed by atoms with E-state index in [0.29, 0.717) is 12.2 Å². The zero-order valence-corrected chi connectivity index (χ0v) is 10.5. The zero-order chi connectivity index (χ0) is 13.0. The van der Waals surface area contributed by atoms with E-state index in [2.05, 4.69) is 20.7 Å². The van der Waals surface area contributed by atoms with Crippen LogP contribution in [-0.4, -0.2) is 33.3 Å². The standard InChI is InChI=1S/C12H16FN5/c1-14-11(8-12-15-17-18(2)16-12)7-9-3-5-10(13)6-4-9/h3-6,11,14H,7-8H2,1-2H3. The molecule has 0 saturated carbocycles. The Hall–Kier alpha value is -1.82. The van der Waals surface area contributed by atoms with Crippen molar-refractivity contribution in [3.8, 4) is 0 Å². The van der Waals surface area contributed by atoms with Gasteiger partial charge in [0.15, 0.2) is 5.82 Å². The molecule has 1 atom stereocenters. The molecular formula is C12H16FN5. The summed E-state index contributed by atoms with van der Waals surface area (Å²) >= 11 is 0. The third-order valence-electron chi connectivity index (χ3n) is 2.78. The number of hydrogen-bond acceptors (Lipinski definition) is 4. The first-order chi connectivity index (χ1) is 8.67. The van der Waals surface area contributed by atoms with Crippen molar-refractivity contribution < 1.29 is 4.39 Å². The zero-order valence-electron chi connectivity index (χ0n) is 10.5. The van der Waals surface area contributed by atoms with Crippen LogP contribution in [-0.2, 0) is 19.9 Å². The van der Waals surface area contributed by atoms with Crippen LogP contribution in [0.5, 0.6) is 0 Å². The van der Waals surface area contributed by atoms with Crippen molar-refractivity contribution in [2.24, 2.45) is 7.05 Å². The molecule has 0 aliphatic carbocycles. The third-order valence-corrected chi connectivity index (χ3v) is 2.78. The summed E-state index contributed by atoms with van der Waals surface area (Å²) in [6, 6.07) is 6.75. The number of tetrazole rings is 1. The normalized spacial score (nSPS) is 12.6. The molecule has 1 unspecified atom stereocenters. The Balaban J connectivity index is 1.99. The maximum Gasteiger partial charge on any atom is 0.176 e. The average Bonchev–Trinajstić information content (AvgIpc) is 2.77. The molecular weight excluding hydrogens is 233 g/mol. The van der Waals surface area contributed by atoms with Crippen molar-refractivity contribution in [3.05, 3.63) is 41.5 Å². The van der Waals surface area contributed by atoms with Gasteiger partial charge in [0, 0.05) is 12.5 Å². The first-order valence-electron chi connectivity index (χ1n) is 5.82. The van der Waals surface area contributed by atoms with Gasteiger partial charge in [0.1, 0.15) is 5.82 Å². The topological polar surface area (TPSA) is 55.6 Å². The van der Waals surface area contributed by atoms with E-state index in [9.17, 15) is 4.39 Å². The number of rotatable bonds is 5. The van der Waals surface area contributed by atoms with Gasteiger partial charge in [-0.2, -0.15) is 4.80 Å². The lowest BCUT2D eigenvalue weighted by atomic mass is 10.0. The fraction of sp³-hybridized carbons (Fsp3) is 0.417. The monoisotopic (exact) mass is 249 g/mol. The van der Waals surface area contributed by atoms with Gasteiger partial charge in [0.2, 0.25) is 0 Å². The van der Waals surface area contributed by atoms with Crippen LogP contribution >= 0.6 is 0 Å². The van der Waals surface area contributed by atoms with Gasteiger partial charge < -0.3 is 5.32 Å². The van der Waals surface area contributed by atoms with Crippen LogP contribution < -0.4 is 5.32 Å². The van der Waals surface area contributed by atoms with Crippen LogP contribution in [0.15, 0.2) is 24.3 Å². The van der Waals surface area contributed by atoms with E-state index in [1.165, 1.54) is 16.9 Å². The molecule has 1 aromatic carbocycles. The number of nitrogens with one attached hydrogen (secondary N) is 1. The van der Waals surface area contributed by atoms with E-state index >= 15 is 0 Å². The molecule has 0 amide bonds. The van der Waals surface area contributed by atoms with Crippen LogP contribution in [0.3, 0.4) is 0 Å². The predicted octanol–water partition coefficient (Wildman–Crippen LogP) is 0.722.